The number of nitrogens with two attached hydrogens (primary N) is 5. The van der Waals surface area contributed by atoms with Gasteiger partial charge in [-0.2, -0.15) is 0 Å². The zero-order valence-corrected chi connectivity index (χ0v) is 18.3. The second-order valence-electron chi connectivity index (χ2n) is 5.64. The highest BCUT2D eigenvalue weighted by atomic mass is 16.4. The van der Waals surface area contributed by atoms with E-state index in [4.69, 9.17) is 79.7 Å². The first kappa shape index (κ1) is 42.1. The first-order valence-corrected chi connectivity index (χ1v) is 8.87. The smallest absolute Gasteiger partial charge is 0.322 e. The van der Waals surface area contributed by atoms with Crippen LogP contribution in [0.1, 0.15) is 0 Å². The Morgan fingerprint density at radius 3 is 0.457 bits per heavy atom. The maximum Gasteiger partial charge on any atom is 0.322 e. The zero-order chi connectivity index (χ0) is 29.3. The van der Waals surface area contributed by atoms with Gasteiger partial charge in [0.1, 0.15) is 30.2 Å². The van der Waals surface area contributed by atoms with Crippen LogP contribution in [0, 0.1) is 0 Å². The van der Waals surface area contributed by atoms with E-state index in [-0.39, 0.29) is 0 Å². The second-order valence-corrected chi connectivity index (χ2v) is 5.64. The molecule has 35 heavy (non-hydrogen) atoms. The molecular formula is C15H35N5O15. The van der Waals surface area contributed by atoms with Crippen molar-refractivity contribution < 1.29 is 75.0 Å². The molecule has 0 saturated heterocycles. The highest BCUT2D eigenvalue weighted by molar-refractivity contribution is 5.74. The van der Waals surface area contributed by atoms with Gasteiger partial charge in [0.2, 0.25) is 0 Å². The minimum absolute atomic E-state index is 0.505. The third kappa shape index (κ3) is 35.7. The molecular weight excluding hydrogens is 490 g/mol. The van der Waals surface area contributed by atoms with Gasteiger partial charge in [-0.3, -0.25) is 24.0 Å². The van der Waals surface area contributed by atoms with Gasteiger partial charge in [-0.25, -0.2) is 0 Å². The fourth-order valence-electron chi connectivity index (χ4n) is 0.390. The van der Waals surface area contributed by atoms with Crippen molar-refractivity contribution in [2.24, 2.45) is 28.7 Å². The van der Waals surface area contributed by atoms with Crippen LogP contribution in [0.25, 0.3) is 0 Å². The number of aliphatic carboxylic acids is 5. The van der Waals surface area contributed by atoms with Crippen LogP contribution < -0.4 is 28.7 Å². The first-order chi connectivity index (χ1) is 15.9. The van der Waals surface area contributed by atoms with Crippen molar-refractivity contribution in [1.82, 2.24) is 0 Å². The summed E-state index contributed by atoms with van der Waals surface area (Å²) in [6, 6.07) is -5.63. The molecule has 0 aliphatic heterocycles. The van der Waals surface area contributed by atoms with Crippen molar-refractivity contribution in [2.45, 2.75) is 30.2 Å². The van der Waals surface area contributed by atoms with E-state index in [1.54, 1.807) is 0 Å². The average molecular weight is 525 g/mol. The second kappa shape index (κ2) is 27.2. The first-order valence-electron chi connectivity index (χ1n) is 8.87. The molecule has 0 aliphatic rings. The van der Waals surface area contributed by atoms with Crippen LogP contribution in [0.15, 0.2) is 0 Å². The minimum Gasteiger partial charge on any atom is -0.480 e. The Labute approximate surface area is 197 Å². The molecule has 0 fully saturated rings. The molecule has 20 heteroatoms. The van der Waals surface area contributed by atoms with Crippen molar-refractivity contribution in [3.8, 4) is 0 Å². The van der Waals surface area contributed by atoms with Crippen LogP contribution in [-0.4, -0.2) is 144 Å². The van der Waals surface area contributed by atoms with E-state index < -0.39 is 93.1 Å². The van der Waals surface area contributed by atoms with Gasteiger partial charge in [-0.15, -0.1) is 0 Å². The standard InChI is InChI=1S/5C3H7NO3/c5*4-2(1-5)3(6)7/h5*2,5H,1,4H2,(H,6,7). The Hall–Kier alpha value is -3.05. The van der Waals surface area contributed by atoms with Crippen LogP contribution in [-0.2, 0) is 24.0 Å². The van der Waals surface area contributed by atoms with Gasteiger partial charge in [0.05, 0.1) is 33.0 Å². The summed E-state index contributed by atoms with van der Waals surface area (Å²) < 4.78 is 0. The third-order valence-electron chi connectivity index (χ3n) is 2.57. The average Bonchev–Trinajstić information content (AvgIpc) is 2.82. The van der Waals surface area contributed by atoms with Gasteiger partial charge < -0.3 is 79.7 Å². The molecule has 20 N–H and O–H groups in total. The summed E-state index contributed by atoms with van der Waals surface area (Å²) in [5.41, 5.74) is 23.8. The molecule has 0 radical (unpaired) electrons. The van der Waals surface area contributed by atoms with E-state index in [9.17, 15) is 24.0 Å². The molecule has 5 unspecified atom stereocenters. The maximum atomic E-state index is 9.65. The molecule has 0 spiro atoms. The van der Waals surface area contributed by atoms with Gasteiger partial charge in [-0.1, -0.05) is 0 Å². The quantitative estimate of drug-likeness (QED) is 0.126. The van der Waals surface area contributed by atoms with E-state index in [0.29, 0.717) is 0 Å². The number of aliphatic hydroxyl groups is 5. The van der Waals surface area contributed by atoms with Crippen molar-refractivity contribution in [3.63, 3.8) is 0 Å². The van der Waals surface area contributed by atoms with Crippen LogP contribution in [0.3, 0.4) is 0 Å². The molecule has 0 aromatic carbocycles. The lowest BCUT2D eigenvalue weighted by molar-refractivity contribution is -0.140. The Morgan fingerprint density at radius 1 is 0.371 bits per heavy atom. The van der Waals surface area contributed by atoms with E-state index in [0.717, 1.165) is 0 Å². The summed E-state index contributed by atoms with van der Waals surface area (Å²) in [5.74, 6) is -5.89. The fourth-order valence-corrected chi connectivity index (χ4v) is 0.390. The molecule has 0 aromatic rings. The molecule has 0 aliphatic carbocycles. The Morgan fingerprint density at radius 2 is 0.457 bits per heavy atom. The van der Waals surface area contributed by atoms with Crippen molar-refractivity contribution >= 4 is 29.8 Å². The molecule has 0 heterocycles. The van der Waals surface area contributed by atoms with Gasteiger partial charge in [0, 0.05) is 0 Å². The van der Waals surface area contributed by atoms with Gasteiger partial charge in [-0.05, 0) is 0 Å². The van der Waals surface area contributed by atoms with E-state index in [1.165, 1.54) is 0 Å². The van der Waals surface area contributed by atoms with Crippen LogP contribution >= 0.6 is 0 Å². The summed E-state index contributed by atoms with van der Waals surface area (Å²) in [4.78, 5) is 48.2. The summed E-state index contributed by atoms with van der Waals surface area (Å²) in [5, 5.41) is 79.5. The van der Waals surface area contributed by atoms with E-state index in [2.05, 4.69) is 0 Å². The van der Waals surface area contributed by atoms with E-state index >= 15 is 0 Å². The van der Waals surface area contributed by atoms with Crippen molar-refractivity contribution in [3.05, 3.63) is 0 Å². The van der Waals surface area contributed by atoms with Crippen LogP contribution in [0.2, 0.25) is 0 Å². The molecule has 0 aromatic heterocycles. The fraction of sp³-hybridized carbons (Fsp3) is 0.667. The topological polar surface area (TPSA) is 418 Å². The predicted molar refractivity (Wildman–Crippen MR) is 113 cm³/mol. The molecule has 0 bridgehead atoms. The Bertz CT molecular complexity index is 479. The zero-order valence-electron chi connectivity index (χ0n) is 18.3. The third-order valence-corrected chi connectivity index (χ3v) is 2.57. The minimum atomic E-state index is -1.18. The monoisotopic (exact) mass is 525 g/mol. The van der Waals surface area contributed by atoms with Crippen LogP contribution in [0.5, 0.6) is 0 Å². The lowest BCUT2D eigenvalue weighted by Gasteiger charge is -1.96. The number of hydrogen-bond donors (Lipinski definition) is 15. The largest absolute Gasteiger partial charge is 0.480 e. The number of hydrogen-bond acceptors (Lipinski definition) is 15. The van der Waals surface area contributed by atoms with Gasteiger partial charge >= 0.3 is 29.8 Å². The molecule has 0 amide bonds. The molecule has 0 rings (SSSR count). The number of aliphatic hydroxyl groups excluding tert-OH is 5. The number of carboxylic acids is 5. The number of carboxylic acid groups (broad SMARTS) is 5. The molecule has 210 valence electrons. The lowest BCUT2D eigenvalue weighted by Crippen LogP contribution is -2.33. The number of rotatable bonds is 10. The Balaban J connectivity index is -0.000000107. The highest BCUT2D eigenvalue weighted by Gasteiger charge is 2.09. The normalized spacial score (nSPS) is 13.4. The molecule has 5 atom stereocenters. The summed E-state index contributed by atoms with van der Waals surface area (Å²) in [6.07, 6.45) is 0. The SMILES string of the molecule is NC(CO)C(=O)O.NC(CO)C(=O)O.NC(CO)C(=O)O.NC(CO)C(=O)O.NC(CO)C(=O)O. The number of carbonyl (C=O) groups is 5. The van der Waals surface area contributed by atoms with E-state index in [1.807, 2.05) is 0 Å². The van der Waals surface area contributed by atoms with Gasteiger partial charge in [0.15, 0.2) is 0 Å². The summed E-state index contributed by atoms with van der Waals surface area (Å²) >= 11 is 0. The highest BCUT2D eigenvalue weighted by Crippen LogP contribution is 1.73. The summed E-state index contributed by atoms with van der Waals surface area (Å²) in [6.45, 7) is -2.52. The van der Waals surface area contributed by atoms with Crippen molar-refractivity contribution in [2.75, 3.05) is 33.0 Å². The Kier molecular flexibility index (Phi) is 32.7. The van der Waals surface area contributed by atoms with Crippen LogP contribution in [0.4, 0.5) is 0 Å². The lowest BCUT2D eigenvalue weighted by atomic mass is 10.3. The predicted octanol–water partition coefficient (Wildman–Crippen LogP) is -8.05. The molecule has 20 nitrogen and oxygen atoms in total. The maximum absolute atomic E-state index is 9.65. The summed E-state index contributed by atoms with van der Waals surface area (Å²) in [7, 11) is 0. The molecule has 0 saturated carbocycles. The van der Waals surface area contributed by atoms with Gasteiger partial charge in [0.25, 0.3) is 0 Å². The van der Waals surface area contributed by atoms with Crippen molar-refractivity contribution in [1.29, 1.82) is 0 Å².